The number of hydrogen-bond acceptors (Lipinski definition) is 5. The van der Waals surface area contributed by atoms with Crippen molar-refractivity contribution in [3.05, 3.63) is 53.9 Å². The molecule has 1 aliphatic heterocycles. The lowest BCUT2D eigenvalue weighted by Crippen LogP contribution is -2.17. The van der Waals surface area contributed by atoms with Crippen LogP contribution < -0.4 is 14.8 Å². The summed E-state index contributed by atoms with van der Waals surface area (Å²) in [4.78, 5) is 9.50. The third-order valence-electron chi connectivity index (χ3n) is 4.17. The fourth-order valence-electron chi connectivity index (χ4n) is 2.78. The summed E-state index contributed by atoms with van der Waals surface area (Å²) < 4.78 is 10.8. The minimum atomic E-state index is -0.112. The van der Waals surface area contributed by atoms with Gasteiger partial charge in [0.1, 0.15) is 11.6 Å². The van der Waals surface area contributed by atoms with E-state index in [1.807, 2.05) is 42.5 Å². The van der Waals surface area contributed by atoms with Gasteiger partial charge < -0.3 is 14.8 Å². The summed E-state index contributed by atoms with van der Waals surface area (Å²) in [6, 6.07) is 14.1. The first kappa shape index (κ1) is 15.7. The van der Waals surface area contributed by atoms with Gasteiger partial charge in [-0.2, -0.15) is 0 Å². The van der Waals surface area contributed by atoms with Crippen LogP contribution in [0.4, 0.5) is 5.82 Å². The quantitative estimate of drug-likeness (QED) is 0.775. The van der Waals surface area contributed by atoms with Gasteiger partial charge in [0.05, 0.1) is 5.52 Å². The summed E-state index contributed by atoms with van der Waals surface area (Å²) >= 11 is 0. The molecule has 0 radical (unpaired) electrons. The molecule has 1 aromatic heterocycles. The fourth-order valence-corrected chi connectivity index (χ4v) is 2.78. The Balaban J connectivity index is 1.66. The first-order valence-corrected chi connectivity index (χ1v) is 8.40. The molecular formula is C20H21N3O2. The molecule has 0 saturated carbocycles. The summed E-state index contributed by atoms with van der Waals surface area (Å²) in [6.45, 7) is 7.31. The van der Waals surface area contributed by atoms with Gasteiger partial charge in [-0.1, -0.05) is 39.0 Å². The van der Waals surface area contributed by atoms with Crippen molar-refractivity contribution >= 4 is 16.7 Å². The molecule has 1 aliphatic rings. The molecule has 0 bridgehead atoms. The van der Waals surface area contributed by atoms with E-state index in [9.17, 15) is 0 Å². The molecule has 2 aromatic carbocycles. The molecule has 0 atom stereocenters. The highest BCUT2D eigenvalue weighted by Gasteiger charge is 2.20. The van der Waals surface area contributed by atoms with Crippen molar-refractivity contribution in [2.24, 2.45) is 0 Å². The fraction of sp³-hybridized carbons (Fsp3) is 0.300. The van der Waals surface area contributed by atoms with Crippen molar-refractivity contribution in [3.8, 4) is 11.5 Å². The van der Waals surface area contributed by atoms with Crippen molar-refractivity contribution in [2.75, 3.05) is 12.1 Å². The monoisotopic (exact) mass is 335 g/mol. The van der Waals surface area contributed by atoms with Gasteiger partial charge >= 0.3 is 0 Å². The van der Waals surface area contributed by atoms with Gasteiger partial charge in [-0.3, -0.25) is 0 Å². The molecule has 128 valence electrons. The maximum atomic E-state index is 5.45. The van der Waals surface area contributed by atoms with E-state index in [-0.39, 0.29) is 12.2 Å². The minimum Gasteiger partial charge on any atom is -0.454 e. The Kier molecular flexibility index (Phi) is 3.71. The first-order valence-electron chi connectivity index (χ1n) is 8.40. The molecule has 0 fully saturated rings. The standard InChI is InChI=1S/C20H21N3O2/c1-20(2,3)19-22-15-7-5-4-6-14(15)18(23-19)21-11-13-8-9-16-17(10-13)25-12-24-16/h4-10H,11-12H2,1-3H3,(H,21,22,23). The van der Waals surface area contributed by atoms with E-state index >= 15 is 0 Å². The maximum absolute atomic E-state index is 5.45. The number of hydrogen-bond donors (Lipinski definition) is 1. The van der Waals surface area contributed by atoms with Crippen LogP contribution in [0.2, 0.25) is 0 Å². The van der Waals surface area contributed by atoms with Crippen LogP contribution in [0.1, 0.15) is 32.2 Å². The molecule has 0 unspecified atom stereocenters. The lowest BCUT2D eigenvalue weighted by molar-refractivity contribution is 0.174. The lowest BCUT2D eigenvalue weighted by atomic mass is 9.95. The van der Waals surface area contributed by atoms with Gasteiger partial charge in [0.15, 0.2) is 11.5 Å². The molecular weight excluding hydrogens is 314 g/mol. The van der Waals surface area contributed by atoms with E-state index in [1.165, 1.54) is 0 Å². The van der Waals surface area contributed by atoms with Crippen LogP contribution in [0.25, 0.3) is 10.9 Å². The predicted octanol–water partition coefficient (Wildman–Crippen LogP) is 4.27. The number of anilines is 1. The van der Waals surface area contributed by atoms with Crippen molar-refractivity contribution in [1.29, 1.82) is 0 Å². The lowest BCUT2D eigenvalue weighted by Gasteiger charge is -2.19. The Morgan fingerprint density at radius 3 is 2.64 bits per heavy atom. The van der Waals surface area contributed by atoms with E-state index < -0.39 is 0 Å². The molecule has 0 aliphatic carbocycles. The average Bonchev–Trinajstić information content (AvgIpc) is 3.06. The summed E-state index contributed by atoms with van der Waals surface area (Å²) in [5.41, 5.74) is 1.96. The Morgan fingerprint density at radius 1 is 1.00 bits per heavy atom. The van der Waals surface area contributed by atoms with Crippen LogP contribution in [-0.4, -0.2) is 16.8 Å². The zero-order chi connectivity index (χ0) is 17.4. The van der Waals surface area contributed by atoms with Gasteiger partial charge in [-0.25, -0.2) is 9.97 Å². The van der Waals surface area contributed by atoms with Crippen molar-refractivity contribution in [2.45, 2.75) is 32.7 Å². The summed E-state index contributed by atoms with van der Waals surface area (Å²) in [5.74, 6) is 3.28. The molecule has 0 saturated heterocycles. The molecule has 2 heterocycles. The van der Waals surface area contributed by atoms with Crippen LogP contribution in [0, 0.1) is 0 Å². The molecule has 0 amide bonds. The Labute approximate surface area is 147 Å². The molecule has 5 nitrogen and oxygen atoms in total. The van der Waals surface area contributed by atoms with Crippen LogP contribution >= 0.6 is 0 Å². The highest BCUT2D eigenvalue weighted by Crippen LogP contribution is 2.33. The normalized spacial score (nSPS) is 13.2. The Hall–Kier alpha value is -2.82. The highest BCUT2D eigenvalue weighted by molar-refractivity contribution is 5.89. The van der Waals surface area contributed by atoms with Gasteiger partial charge in [0.2, 0.25) is 6.79 Å². The second kappa shape index (κ2) is 5.92. The largest absolute Gasteiger partial charge is 0.454 e. The van der Waals surface area contributed by atoms with Crippen LogP contribution in [0.3, 0.4) is 0 Å². The number of fused-ring (bicyclic) bond motifs is 2. The molecule has 0 spiro atoms. The maximum Gasteiger partial charge on any atom is 0.231 e. The zero-order valence-electron chi connectivity index (χ0n) is 14.7. The molecule has 4 rings (SSSR count). The van der Waals surface area contributed by atoms with Crippen LogP contribution in [-0.2, 0) is 12.0 Å². The van der Waals surface area contributed by atoms with Gasteiger partial charge in [0.25, 0.3) is 0 Å². The number of aromatic nitrogens is 2. The van der Waals surface area contributed by atoms with E-state index in [1.54, 1.807) is 0 Å². The topological polar surface area (TPSA) is 56.3 Å². The van der Waals surface area contributed by atoms with E-state index in [2.05, 4.69) is 26.1 Å². The first-order chi connectivity index (χ1) is 12.0. The third kappa shape index (κ3) is 3.09. The molecule has 1 N–H and O–H groups in total. The van der Waals surface area contributed by atoms with Gasteiger partial charge in [-0.05, 0) is 29.8 Å². The third-order valence-corrected chi connectivity index (χ3v) is 4.17. The van der Waals surface area contributed by atoms with Gasteiger partial charge in [0, 0.05) is 17.3 Å². The number of rotatable bonds is 3. The Bertz CT molecular complexity index is 932. The molecule has 25 heavy (non-hydrogen) atoms. The predicted molar refractivity (Wildman–Crippen MR) is 98.1 cm³/mol. The SMILES string of the molecule is CC(C)(C)c1nc(NCc2ccc3c(c2)OCO3)c2ccccc2n1. The highest BCUT2D eigenvalue weighted by atomic mass is 16.7. The van der Waals surface area contributed by atoms with Crippen molar-refractivity contribution < 1.29 is 9.47 Å². The van der Waals surface area contributed by atoms with Gasteiger partial charge in [-0.15, -0.1) is 0 Å². The number of nitrogens with one attached hydrogen (secondary N) is 1. The van der Waals surface area contributed by atoms with E-state index in [0.29, 0.717) is 6.54 Å². The van der Waals surface area contributed by atoms with Crippen molar-refractivity contribution in [1.82, 2.24) is 9.97 Å². The van der Waals surface area contributed by atoms with Crippen molar-refractivity contribution in [3.63, 3.8) is 0 Å². The molecule has 5 heteroatoms. The van der Waals surface area contributed by atoms with E-state index in [4.69, 9.17) is 19.4 Å². The number of nitrogens with zero attached hydrogens (tertiary/aromatic N) is 2. The average molecular weight is 335 g/mol. The second-order valence-electron chi connectivity index (χ2n) is 7.20. The zero-order valence-corrected chi connectivity index (χ0v) is 14.7. The molecule has 3 aromatic rings. The number of ether oxygens (including phenoxy) is 2. The van der Waals surface area contributed by atoms with Crippen LogP contribution in [0.5, 0.6) is 11.5 Å². The van der Waals surface area contributed by atoms with Crippen LogP contribution in [0.15, 0.2) is 42.5 Å². The second-order valence-corrected chi connectivity index (χ2v) is 7.20. The summed E-state index contributed by atoms with van der Waals surface area (Å²) in [7, 11) is 0. The minimum absolute atomic E-state index is 0.112. The summed E-state index contributed by atoms with van der Waals surface area (Å²) in [5, 5.41) is 4.48. The summed E-state index contributed by atoms with van der Waals surface area (Å²) in [6.07, 6.45) is 0. The van der Waals surface area contributed by atoms with E-state index in [0.717, 1.165) is 39.6 Å². The number of para-hydroxylation sites is 1. The Morgan fingerprint density at radius 2 is 1.80 bits per heavy atom. The smallest absolute Gasteiger partial charge is 0.231 e. The number of benzene rings is 2.